The third-order valence-electron chi connectivity index (χ3n) is 5.48. The summed E-state index contributed by atoms with van der Waals surface area (Å²) in [5.74, 6) is -1.08. The first-order valence-corrected chi connectivity index (χ1v) is 10.1. The number of Topliss-reactive ketones (excluding diaryl/α,β-unsaturated/α-hetero) is 1. The zero-order valence-electron chi connectivity index (χ0n) is 16.4. The molecule has 1 atom stereocenters. The van der Waals surface area contributed by atoms with Crippen LogP contribution in [-0.2, 0) is 15.7 Å². The molecule has 0 aromatic heterocycles. The van der Waals surface area contributed by atoms with Crippen LogP contribution in [0.25, 0.3) is 16.8 Å². The van der Waals surface area contributed by atoms with Crippen molar-refractivity contribution in [2.75, 3.05) is 0 Å². The summed E-state index contributed by atoms with van der Waals surface area (Å²) in [5.41, 5.74) is 0.243. The normalized spacial score (nSPS) is 21.8. The second-order valence-corrected chi connectivity index (χ2v) is 7.80. The predicted molar refractivity (Wildman–Crippen MR) is 113 cm³/mol. The van der Waals surface area contributed by atoms with Gasteiger partial charge >= 0.3 is 6.18 Å². The number of hydrogen-bond acceptors (Lipinski definition) is 3. The molecule has 2 fully saturated rings. The number of ketones is 1. The van der Waals surface area contributed by atoms with Gasteiger partial charge in [-0.15, -0.1) is 0 Å². The van der Waals surface area contributed by atoms with E-state index in [1.165, 1.54) is 12.1 Å². The Balaban J connectivity index is 1.58. The molecule has 0 amide bonds. The second-order valence-electron chi connectivity index (χ2n) is 7.80. The van der Waals surface area contributed by atoms with Crippen LogP contribution in [0.5, 0.6) is 0 Å². The number of alkyl halides is 3. The fourth-order valence-electron chi connectivity index (χ4n) is 3.77. The van der Waals surface area contributed by atoms with Crippen LogP contribution in [0.4, 0.5) is 13.2 Å². The van der Waals surface area contributed by atoms with Gasteiger partial charge in [-0.05, 0) is 46.9 Å². The van der Waals surface area contributed by atoms with Crippen LogP contribution >= 0.6 is 0 Å². The zero-order chi connectivity index (χ0) is 21.6. The second kappa shape index (κ2) is 7.38. The number of aliphatic imine (C=N–C) groups is 1. The highest BCUT2D eigenvalue weighted by atomic mass is 19.4. The molecule has 1 aliphatic heterocycles. The Bertz CT molecular complexity index is 1230. The topological polar surface area (TPSA) is 38.7 Å². The first-order chi connectivity index (χ1) is 14.9. The lowest BCUT2D eigenvalue weighted by Crippen LogP contribution is -2.15. The number of carbonyl (C=O) groups excluding carboxylic acids is 1. The SMILES string of the molecule is O=C1C(=Cc2cccc3ccccc23)OC(=NC2CC2)C1c1cccc(C(F)(F)F)c1. The number of fused-ring (bicyclic) bond motifs is 1. The lowest BCUT2D eigenvalue weighted by molar-refractivity contribution is -0.137. The van der Waals surface area contributed by atoms with E-state index in [2.05, 4.69) is 4.99 Å². The van der Waals surface area contributed by atoms with Crippen LogP contribution in [0.1, 0.15) is 35.4 Å². The van der Waals surface area contributed by atoms with Gasteiger partial charge in [0, 0.05) is 0 Å². The summed E-state index contributed by atoms with van der Waals surface area (Å²) in [5, 5.41) is 1.97. The van der Waals surface area contributed by atoms with E-state index in [1.807, 2.05) is 42.5 Å². The van der Waals surface area contributed by atoms with Crippen LogP contribution in [-0.4, -0.2) is 17.7 Å². The maximum atomic E-state index is 13.3. The molecule has 0 radical (unpaired) electrons. The van der Waals surface area contributed by atoms with Crippen LogP contribution < -0.4 is 0 Å². The number of hydrogen-bond donors (Lipinski definition) is 0. The molecular formula is C25H18F3NO2. The molecule has 5 rings (SSSR count). The van der Waals surface area contributed by atoms with Crippen molar-refractivity contribution in [3.05, 3.63) is 89.2 Å². The Labute approximate surface area is 176 Å². The van der Waals surface area contributed by atoms with Gasteiger partial charge in [0.25, 0.3) is 0 Å². The molecule has 0 bridgehead atoms. The molecule has 1 saturated heterocycles. The summed E-state index contributed by atoms with van der Waals surface area (Å²) in [6.07, 6.45) is -1.06. The lowest BCUT2D eigenvalue weighted by Gasteiger charge is -2.11. The number of benzene rings is 3. The molecule has 156 valence electrons. The average Bonchev–Trinajstić information content (AvgIpc) is 3.51. The van der Waals surface area contributed by atoms with Crippen LogP contribution in [0.15, 0.2) is 77.5 Å². The van der Waals surface area contributed by atoms with Gasteiger partial charge in [-0.3, -0.25) is 9.79 Å². The van der Waals surface area contributed by atoms with Gasteiger partial charge in [0.15, 0.2) is 5.76 Å². The third-order valence-corrected chi connectivity index (χ3v) is 5.48. The largest absolute Gasteiger partial charge is 0.438 e. The van der Waals surface area contributed by atoms with Crippen molar-refractivity contribution < 1.29 is 22.7 Å². The van der Waals surface area contributed by atoms with Gasteiger partial charge < -0.3 is 4.74 Å². The van der Waals surface area contributed by atoms with Gasteiger partial charge in [0.1, 0.15) is 5.92 Å². The Morgan fingerprint density at radius 3 is 2.48 bits per heavy atom. The molecule has 3 aromatic rings. The minimum Gasteiger partial charge on any atom is -0.438 e. The van der Waals surface area contributed by atoms with Crippen LogP contribution in [0.3, 0.4) is 0 Å². The molecule has 0 spiro atoms. The summed E-state index contributed by atoms with van der Waals surface area (Å²) in [4.78, 5) is 17.8. The highest BCUT2D eigenvalue weighted by Crippen LogP contribution is 2.38. The fourth-order valence-corrected chi connectivity index (χ4v) is 3.77. The quantitative estimate of drug-likeness (QED) is 0.476. The molecule has 0 N–H and O–H groups in total. The number of halogens is 3. The summed E-state index contributed by atoms with van der Waals surface area (Å²) in [6, 6.07) is 18.4. The van der Waals surface area contributed by atoms with Crippen molar-refractivity contribution in [2.24, 2.45) is 4.99 Å². The van der Waals surface area contributed by atoms with Crippen LogP contribution in [0.2, 0.25) is 0 Å². The number of rotatable bonds is 3. The Kier molecular flexibility index (Phi) is 4.65. The number of ether oxygens (including phenoxy) is 1. The molecule has 2 aliphatic rings. The van der Waals surface area contributed by atoms with Crippen molar-refractivity contribution in [3.63, 3.8) is 0 Å². The first-order valence-electron chi connectivity index (χ1n) is 10.1. The molecule has 6 heteroatoms. The van der Waals surface area contributed by atoms with E-state index in [4.69, 9.17) is 4.74 Å². The molecule has 1 unspecified atom stereocenters. The Morgan fingerprint density at radius 1 is 0.968 bits per heavy atom. The zero-order valence-corrected chi connectivity index (χ0v) is 16.4. The highest BCUT2D eigenvalue weighted by molar-refractivity contribution is 6.21. The van der Waals surface area contributed by atoms with E-state index in [0.29, 0.717) is 0 Å². The Morgan fingerprint density at radius 2 is 1.71 bits per heavy atom. The third kappa shape index (κ3) is 3.85. The highest BCUT2D eigenvalue weighted by Gasteiger charge is 2.42. The first kappa shape index (κ1) is 19.5. The minimum atomic E-state index is -4.49. The van der Waals surface area contributed by atoms with E-state index in [9.17, 15) is 18.0 Å². The molecule has 1 saturated carbocycles. The smallest absolute Gasteiger partial charge is 0.416 e. The molecule has 3 nitrogen and oxygen atoms in total. The summed E-state index contributed by atoms with van der Waals surface area (Å²) in [6.45, 7) is 0. The predicted octanol–water partition coefficient (Wildman–Crippen LogP) is 6.14. The van der Waals surface area contributed by atoms with Gasteiger partial charge in [0.05, 0.1) is 11.6 Å². The molecule has 31 heavy (non-hydrogen) atoms. The van der Waals surface area contributed by atoms with Crippen LogP contribution in [0, 0.1) is 0 Å². The molecule has 1 heterocycles. The van der Waals surface area contributed by atoms with Crippen molar-refractivity contribution in [2.45, 2.75) is 31.0 Å². The van der Waals surface area contributed by atoms with Gasteiger partial charge in [0.2, 0.25) is 11.7 Å². The maximum Gasteiger partial charge on any atom is 0.416 e. The fraction of sp³-hybridized carbons (Fsp3) is 0.200. The lowest BCUT2D eigenvalue weighted by atomic mass is 9.93. The van der Waals surface area contributed by atoms with E-state index < -0.39 is 17.7 Å². The number of nitrogens with zero attached hydrogens (tertiary/aromatic N) is 1. The van der Waals surface area contributed by atoms with Crippen molar-refractivity contribution in [1.82, 2.24) is 0 Å². The molecule has 3 aromatic carbocycles. The maximum absolute atomic E-state index is 13.3. The molecule has 1 aliphatic carbocycles. The van der Waals surface area contributed by atoms with E-state index in [-0.39, 0.29) is 29.0 Å². The van der Waals surface area contributed by atoms with E-state index in [1.54, 1.807) is 6.08 Å². The van der Waals surface area contributed by atoms with Gasteiger partial charge in [-0.1, -0.05) is 60.7 Å². The van der Waals surface area contributed by atoms with E-state index in [0.717, 1.165) is 41.3 Å². The average molecular weight is 421 g/mol. The van der Waals surface area contributed by atoms with Crippen molar-refractivity contribution in [1.29, 1.82) is 0 Å². The summed E-state index contributed by atoms with van der Waals surface area (Å²) < 4.78 is 45.5. The number of allylic oxidation sites excluding steroid dienone is 1. The minimum absolute atomic E-state index is 0.0630. The van der Waals surface area contributed by atoms with Crippen molar-refractivity contribution >= 4 is 28.5 Å². The molecular weight excluding hydrogens is 403 g/mol. The van der Waals surface area contributed by atoms with Gasteiger partial charge in [-0.25, -0.2) is 0 Å². The standard InChI is InChI=1S/C25H18F3NO2/c26-25(27,28)18-9-4-8-17(13-18)22-23(30)21(31-24(22)29-19-11-12-19)14-16-7-3-6-15-5-1-2-10-20(15)16/h1-10,13-14,19,22H,11-12H2. The summed E-state index contributed by atoms with van der Waals surface area (Å²) in [7, 11) is 0. The number of carbonyl (C=O) groups is 1. The van der Waals surface area contributed by atoms with E-state index >= 15 is 0 Å². The van der Waals surface area contributed by atoms with Crippen molar-refractivity contribution in [3.8, 4) is 0 Å². The monoisotopic (exact) mass is 421 g/mol. The van der Waals surface area contributed by atoms with Gasteiger partial charge in [-0.2, -0.15) is 13.2 Å². The Hall–Kier alpha value is -3.41. The summed E-state index contributed by atoms with van der Waals surface area (Å²) >= 11 is 0.